The third-order valence-corrected chi connectivity index (χ3v) is 2.40. The van der Waals surface area contributed by atoms with Crippen molar-refractivity contribution < 1.29 is 4.48 Å². The van der Waals surface area contributed by atoms with Crippen LogP contribution in [0.25, 0.3) is 11.3 Å². The zero-order valence-corrected chi connectivity index (χ0v) is 7.14. The van der Waals surface area contributed by atoms with Gasteiger partial charge in [-0.05, 0) is 6.07 Å². The van der Waals surface area contributed by atoms with Crippen molar-refractivity contribution in [2.45, 2.75) is 0 Å². The van der Waals surface area contributed by atoms with Gasteiger partial charge >= 0.3 is 0 Å². The maximum atomic E-state index is 2.16. The average molecular weight is 165 g/mol. The van der Waals surface area contributed by atoms with Crippen LogP contribution in [0.15, 0.2) is 48.7 Å². The molecule has 2 radical (unpaired) electrons. The molecule has 1 aliphatic heterocycles. The van der Waals surface area contributed by atoms with Crippen molar-refractivity contribution in [2.24, 2.45) is 0 Å². The second-order valence-corrected chi connectivity index (χ2v) is 3.21. The van der Waals surface area contributed by atoms with E-state index in [-0.39, 0.29) is 0 Å². The molecule has 2 heteroatoms. The van der Waals surface area contributed by atoms with Crippen LogP contribution in [0.4, 0.5) is 0 Å². The van der Waals surface area contributed by atoms with Crippen LogP contribution in [0.5, 0.6) is 0 Å². The largest absolute Gasteiger partial charge is 0.467 e. The van der Waals surface area contributed by atoms with E-state index in [0.29, 0.717) is 0 Å². The number of fused-ring (bicyclic) bond motifs is 3. The zero-order chi connectivity index (χ0) is 8.67. The Morgan fingerprint density at radius 1 is 0.923 bits per heavy atom. The van der Waals surface area contributed by atoms with Crippen LogP contribution < -0.4 is 9.94 Å². The molecular weight excluding hydrogens is 157 g/mol. The highest BCUT2D eigenvalue weighted by Gasteiger charge is 2.13. The fourth-order valence-corrected chi connectivity index (χ4v) is 1.79. The monoisotopic (exact) mass is 165 g/mol. The predicted molar refractivity (Wildman–Crippen MR) is 52.9 cm³/mol. The highest BCUT2D eigenvalue weighted by Crippen LogP contribution is 2.14. The van der Waals surface area contributed by atoms with Gasteiger partial charge in [0.2, 0.25) is 0 Å². The summed E-state index contributed by atoms with van der Waals surface area (Å²) in [7, 11) is 2.16. The van der Waals surface area contributed by atoms with E-state index in [4.69, 9.17) is 0 Å². The van der Waals surface area contributed by atoms with Gasteiger partial charge in [0.05, 0.1) is 0 Å². The summed E-state index contributed by atoms with van der Waals surface area (Å²) in [6.45, 7) is 0. The molecule has 0 N–H and O–H groups in total. The topological polar surface area (TPSA) is 3.88 Å². The second-order valence-electron chi connectivity index (χ2n) is 3.21. The number of benzene rings is 1. The molecule has 0 saturated carbocycles. The highest BCUT2D eigenvalue weighted by molar-refractivity contribution is 6.49. The van der Waals surface area contributed by atoms with Gasteiger partial charge < -0.3 is 4.48 Å². The van der Waals surface area contributed by atoms with Crippen LogP contribution in [0.3, 0.4) is 0 Å². The van der Waals surface area contributed by atoms with E-state index in [0.717, 1.165) is 0 Å². The lowest BCUT2D eigenvalue weighted by Crippen LogP contribution is -2.41. The zero-order valence-electron chi connectivity index (χ0n) is 7.14. The Morgan fingerprint density at radius 2 is 1.77 bits per heavy atom. The van der Waals surface area contributed by atoms with Crippen molar-refractivity contribution in [1.82, 2.24) is 0 Å². The summed E-state index contributed by atoms with van der Waals surface area (Å²) < 4.78 is 2.16. The van der Waals surface area contributed by atoms with E-state index < -0.39 is 0 Å². The van der Waals surface area contributed by atoms with E-state index >= 15 is 0 Å². The van der Waals surface area contributed by atoms with Crippen molar-refractivity contribution in [3.63, 3.8) is 0 Å². The highest BCUT2D eigenvalue weighted by atomic mass is 14.9. The van der Waals surface area contributed by atoms with Crippen LogP contribution in [0, 0.1) is 0 Å². The number of pyridine rings is 1. The van der Waals surface area contributed by atoms with Gasteiger partial charge in [-0.15, -0.1) is 0 Å². The molecule has 60 valence electrons. The summed E-state index contributed by atoms with van der Waals surface area (Å²) in [4.78, 5) is 0. The van der Waals surface area contributed by atoms with Crippen LogP contribution in [0.2, 0.25) is 0 Å². The summed E-state index contributed by atoms with van der Waals surface area (Å²) in [5.41, 5.74) is 3.90. The first-order chi connectivity index (χ1) is 6.45. The second kappa shape index (κ2) is 2.46. The minimum atomic E-state index is 1.28. The minimum absolute atomic E-state index is 1.28. The normalized spacial score (nSPS) is 12.3. The predicted octanol–water partition coefficient (Wildman–Crippen LogP) is 0.747. The van der Waals surface area contributed by atoms with Crippen LogP contribution in [-0.4, -0.2) is 7.41 Å². The van der Waals surface area contributed by atoms with Gasteiger partial charge in [-0.2, -0.15) is 5.46 Å². The lowest BCUT2D eigenvalue weighted by atomic mass is 9.83. The maximum Gasteiger partial charge on any atom is 0.152 e. The van der Waals surface area contributed by atoms with E-state index in [2.05, 4.69) is 54.5 Å². The van der Waals surface area contributed by atoms with Gasteiger partial charge in [0.25, 0.3) is 0 Å². The molecule has 3 rings (SSSR count). The van der Waals surface area contributed by atoms with Crippen molar-refractivity contribution in [3.05, 3.63) is 48.7 Å². The average Bonchev–Trinajstić information content (AvgIpc) is 2.56. The van der Waals surface area contributed by atoms with Crippen molar-refractivity contribution in [1.29, 1.82) is 0 Å². The summed E-state index contributed by atoms with van der Waals surface area (Å²) in [6, 6.07) is 14.7. The van der Waals surface area contributed by atoms with Gasteiger partial charge in [0.1, 0.15) is 13.6 Å². The number of aromatic nitrogens is 1. The number of nitrogens with zero attached hydrogens (tertiary/aromatic N) is 1. The lowest BCUT2D eigenvalue weighted by molar-refractivity contribution is -0.511. The Kier molecular flexibility index (Phi) is 1.30. The Hall–Kier alpha value is -1.57. The fourth-order valence-electron chi connectivity index (χ4n) is 1.79. The lowest BCUT2D eigenvalue weighted by Gasteiger charge is -2.01. The summed E-state index contributed by atoms with van der Waals surface area (Å²) in [6.07, 6.45) is 2.08. The molecule has 0 fully saturated rings. The van der Waals surface area contributed by atoms with Crippen LogP contribution in [0.1, 0.15) is 0 Å². The summed E-state index contributed by atoms with van der Waals surface area (Å²) >= 11 is 0. The SMILES string of the molecule is [B-]1c2ccccc2-c2cccc[n+]21. The summed E-state index contributed by atoms with van der Waals surface area (Å²) in [5, 5.41) is 0. The smallest absolute Gasteiger partial charge is 0.152 e. The van der Waals surface area contributed by atoms with E-state index in [1.165, 1.54) is 16.7 Å². The molecular formula is C11H8BN. The first-order valence-electron chi connectivity index (χ1n) is 4.39. The van der Waals surface area contributed by atoms with E-state index in [1.807, 2.05) is 6.07 Å². The first-order valence-corrected chi connectivity index (χ1v) is 4.39. The molecule has 1 aromatic heterocycles. The van der Waals surface area contributed by atoms with Crippen molar-refractivity contribution >= 4 is 12.9 Å². The molecule has 0 spiro atoms. The molecule has 2 heterocycles. The quantitative estimate of drug-likeness (QED) is 0.432. The first kappa shape index (κ1) is 6.90. The molecule has 0 bridgehead atoms. The van der Waals surface area contributed by atoms with Gasteiger partial charge in [-0.1, -0.05) is 30.3 Å². The Balaban J connectivity index is 2.32. The van der Waals surface area contributed by atoms with Crippen molar-refractivity contribution in [3.8, 4) is 11.3 Å². The Morgan fingerprint density at radius 3 is 2.77 bits per heavy atom. The molecule has 0 unspecified atom stereocenters. The molecule has 0 amide bonds. The summed E-state index contributed by atoms with van der Waals surface area (Å²) in [5.74, 6) is 0. The third-order valence-electron chi connectivity index (χ3n) is 2.40. The molecule has 0 saturated heterocycles. The van der Waals surface area contributed by atoms with Gasteiger partial charge in [0, 0.05) is 11.6 Å². The molecule has 1 nitrogen and oxygen atoms in total. The molecule has 1 aromatic carbocycles. The van der Waals surface area contributed by atoms with E-state index in [1.54, 1.807) is 0 Å². The van der Waals surface area contributed by atoms with Crippen LogP contribution >= 0.6 is 0 Å². The number of rotatable bonds is 0. The van der Waals surface area contributed by atoms with E-state index in [9.17, 15) is 0 Å². The fraction of sp³-hybridized carbons (Fsp3) is 0. The molecule has 0 aliphatic carbocycles. The Labute approximate surface area is 77.9 Å². The third kappa shape index (κ3) is 0.918. The Bertz CT molecular complexity index is 422. The minimum Gasteiger partial charge on any atom is -0.467 e. The van der Waals surface area contributed by atoms with Crippen LogP contribution in [-0.2, 0) is 0 Å². The molecule has 1 aliphatic rings. The number of hydrogen-bond acceptors (Lipinski definition) is 0. The standard InChI is InChI=1S/C11H8BN/c1-2-6-10-9(5-1)11-7-3-4-8-13(11)12-10/h1-8H. The van der Waals surface area contributed by atoms with Gasteiger partial charge in [-0.25, -0.2) is 0 Å². The molecule has 2 aromatic rings. The number of hydrogen-bond donors (Lipinski definition) is 0. The molecule has 0 atom stereocenters. The van der Waals surface area contributed by atoms with Gasteiger partial charge in [-0.3, -0.25) is 0 Å². The van der Waals surface area contributed by atoms with Crippen molar-refractivity contribution in [2.75, 3.05) is 0 Å². The maximum absolute atomic E-state index is 2.16. The van der Waals surface area contributed by atoms with Gasteiger partial charge in [0.15, 0.2) is 5.69 Å². The molecule has 13 heavy (non-hydrogen) atoms.